The maximum absolute atomic E-state index is 11.8. The third-order valence-corrected chi connectivity index (χ3v) is 7.14. The number of imidazole rings is 1. The van der Waals surface area contributed by atoms with Crippen LogP contribution >= 0.6 is 8.30 Å². The minimum absolute atomic E-state index is 0.0359. The molecule has 0 aliphatic carbocycles. The number of benzene rings is 1. The van der Waals surface area contributed by atoms with Crippen molar-refractivity contribution in [3.63, 3.8) is 0 Å². The molecular formula is C23H37N6O7PS. The molecule has 0 amide bonds. The van der Waals surface area contributed by atoms with Gasteiger partial charge < -0.3 is 24.3 Å². The van der Waals surface area contributed by atoms with Crippen molar-refractivity contribution in [2.75, 3.05) is 38.1 Å². The number of fused-ring (bicyclic) bond motifs is 1. The molecule has 0 saturated carbocycles. The second kappa shape index (κ2) is 17.6. The van der Waals surface area contributed by atoms with Crippen LogP contribution in [0.15, 0.2) is 40.3 Å². The van der Waals surface area contributed by atoms with Crippen LogP contribution in [-0.4, -0.2) is 66.8 Å². The van der Waals surface area contributed by atoms with Crippen molar-refractivity contribution >= 4 is 41.7 Å². The largest absolute Gasteiger partial charge is 0.468 e. The van der Waals surface area contributed by atoms with Crippen LogP contribution in [0.3, 0.4) is 0 Å². The van der Waals surface area contributed by atoms with E-state index in [0.717, 1.165) is 12.1 Å². The Hall–Kier alpha value is -2.90. The first-order valence-electron chi connectivity index (χ1n) is 12.0. The molecule has 13 nitrogen and oxygen atoms in total. The van der Waals surface area contributed by atoms with Crippen LogP contribution in [0.25, 0.3) is 11.2 Å². The first-order valence-corrected chi connectivity index (χ1v) is 15.3. The van der Waals surface area contributed by atoms with Gasteiger partial charge in [0.15, 0.2) is 21.0 Å². The van der Waals surface area contributed by atoms with Crippen molar-refractivity contribution in [2.24, 2.45) is 0 Å². The summed E-state index contributed by atoms with van der Waals surface area (Å²) in [5.41, 5.74) is 6.73. The van der Waals surface area contributed by atoms with Crippen LogP contribution in [-0.2, 0) is 41.8 Å². The van der Waals surface area contributed by atoms with Gasteiger partial charge in [0.1, 0.15) is 14.6 Å². The second-order valence-corrected chi connectivity index (χ2v) is 10.8. The Morgan fingerprint density at radius 2 is 1.89 bits per heavy atom. The normalized spacial score (nSPS) is 11.6. The number of aromatic nitrogens is 4. The fraction of sp³-hybridized carbons (Fsp3) is 0.478. The number of hydrogen-bond donors (Lipinski definition) is 3. The summed E-state index contributed by atoms with van der Waals surface area (Å²) in [6.07, 6.45) is 3.07. The van der Waals surface area contributed by atoms with Crippen molar-refractivity contribution in [1.29, 1.82) is 0 Å². The van der Waals surface area contributed by atoms with Gasteiger partial charge in [0.2, 0.25) is 5.95 Å². The summed E-state index contributed by atoms with van der Waals surface area (Å²) < 4.78 is 40.6. The molecule has 1 atom stereocenters. The second-order valence-electron chi connectivity index (χ2n) is 7.23. The number of sulfone groups is 1. The maximum atomic E-state index is 11.8. The van der Waals surface area contributed by atoms with Gasteiger partial charge in [-0.15, -0.1) is 0 Å². The van der Waals surface area contributed by atoms with E-state index in [1.807, 2.05) is 20.8 Å². The van der Waals surface area contributed by atoms with E-state index in [1.54, 1.807) is 35.8 Å². The van der Waals surface area contributed by atoms with Crippen molar-refractivity contribution in [3.8, 4) is 0 Å². The molecule has 0 bridgehead atoms. The maximum Gasteiger partial charge on any atom is 0.293 e. The lowest BCUT2D eigenvalue weighted by Gasteiger charge is -2.18. The predicted molar refractivity (Wildman–Crippen MR) is 147 cm³/mol. The number of anilines is 1. The molecule has 0 saturated heterocycles. The van der Waals surface area contributed by atoms with Crippen molar-refractivity contribution in [2.45, 2.75) is 45.7 Å². The summed E-state index contributed by atoms with van der Waals surface area (Å²) in [6, 6.07) is 6.62. The van der Waals surface area contributed by atoms with Crippen molar-refractivity contribution in [1.82, 2.24) is 24.6 Å². The van der Waals surface area contributed by atoms with Crippen LogP contribution in [0.1, 0.15) is 33.3 Å². The molecule has 1 aromatic carbocycles. The number of rotatable bonds is 13. The van der Waals surface area contributed by atoms with Crippen molar-refractivity contribution in [3.05, 3.63) is 46.5 Å². The number of H-pyrrole nitrogens is 1. The van der Waals surface area contributed by atoms with Gasteiger partial charge in [-0.1, -0.05) is 32.9 Å². The Balaban J connectivity index is 0.000000924. The minimum Gasteiger partial charge on any atom is -0.468 e. The minimum atomic E-state index is -3.22. The molecule has 0 spiro atoms. The molecular weight excluding hydrogens is 535 g/mol. The van der Waals surface area contributed by atoms with Crippen LogP contribution in [0.2, 0.25) is 0 Å². The average Bonchev–Trinajstić information content (AvgIpc) is 3.30. The zero-order valence-corrected chi connectivity index (χ0v) is 24.0. The molecule has 2 aromatic heterocycles. The van der Waals surface area contributed by atoms with Crippen molar-refractivity contribution < 1.29 is 27.2 Å². The van der Waals surface area contributed by atoms with E-state index in [-0.39, 0.29) is 21.9 Å². The summed E-state index contributed by atoms with van der Waals surface area (Å²) in [5, 5.41) is 3.25. The molecule has 3 aromatic rings. The average molecular weight is 573 g/mol. The van der Waals surface area contributed by atoms with E-state index in [0.29, 0.717) is 44.8 Å². The Morgan fingerprint density at radius 3 is 2.45 bits per heavy atom. The van der Waals surface area contributed by atoms with E-state index in [4.69, 9.17) is 15.0 Å². The molecule has 0 aliphatic heterocycles. The molecule has 3 rings (SSSR count). The smallest absolute Gasteiger partial charge is 0.293 e. The van der Waals surface area contributed by atoms with Crippen LogP contribution < -0.4 is 16.4 Å². The van der Waals surface area contributed by atoms with Crippen LogP contribution in [0, 0.1) is 0 Å². The molecule has 1 unspecified atom stereocenters. The zero-order chi connectivity index (χ0) is 28.6. The topological polar surface area (TPSA) is 181 Å². The third kappa shape index (κ3) is 11.2. The fourth-order valence-corrected chi connectivity index (χ4v) is 4.64. The zero-order valence-electron chi connectivity index (χ0n) is 22.3. The predicted octanol–water partition coefficient (Wildman–Crippen LogP) is 2.42. The highest BCUT2D eigenvalue weighted by atomic mass is 32.2. The number of nitrogens with one attached hydrogen (secondary N) is 2. The number of ether oxygens (including phenoxy) is 2. The first kappa shape index (κ1) is 33.1. The van der Waals surface area contributed by atoms with Crippen LogP contribution in [0.4, 0.5) is 5.95 Å². The summed E-state index contributed by atoms with van der Waals surface area (Å²) in [7, 11) is -4.25. The van der Waals surface area contributed by atoms with Gasteiger partial charge in [0.05, 0.1) is 31.0 Å². The van der Waals surface area contributed by atoms with Gasteiger partial charge in [-0.2, -0.15) is 4.98 Å². The summed E-state index contributed by atoms with van der Waals surface area (Å²) in [5.74, 6) is 0.0359. The van der Waals surface area contributed by atoms with Gasteiger partial charge in [0.25, 0.3) is 12.0 Å². The fourth-order valence-electron chi connectivity index (χ4n) is 2.80. The highest BCUT2D eigenvalue weighted by molar-refractivity contribution is 7.90. The number of carbonyl (C=O) groups is 1. The molecule has 15 heteroatoms. The standard InChI is InChI=1S/C18H25N6O5PS.C3H6O2.C2H6/c1-3-21-30(29-10-13-4-6-14(7-5-13)31(2,26)27)12-28-9-8-24-11-20-15-16(24)22-18(19)23-17(15)25;1-2-5-3-4;1-2/h4-7,11,21H,3,8-10,12H2,1-2H3,(H3,19,22,23,25);3H,2H2,1H3;1-2H3. The van der Waals surface area contributed by atoms with E-state index in [9.17, 15) is 18.0 Å². The monoisotopic (exact) mass is 572 g/mol. The lowest BCUT2D eigenvalue weighted by molar-refractivity contribution is -0.128. The molecule has 0 fully saturated rings. The third-order valence-electron chi connectivity index (χ3n) is 4.49. The lowest BCUT2D eigenvalue weighted by Crippen LogP contribution is -2.15. The highest BCUT2D eigenvalue weighted by Gasteiger charge is 2.12. The SMILES string of the molecule is CC.CCNP(COCCn1cnc2c(=O)[nH]c(N)nc21)OCc1ccc(S(C)(=O)=O)cc1.CCOC=O. The summed E-state index contributed by atoms with van der Waals surface area (Å²) >= 11 is 0. The summed E-state index contributed by atoms with van der Waals surface area (Å²) in [4.78, 5) is 31.9. The Kier molecular flexibility index (Phi) is 15.3. The number of aromatic amines is 1. The quantitative estimate of drug-likeness (QED) is 0.155. The highest BCUT2D eigenvalue weighted by Crippen LogP contribution is 2.33. The first-order chi connectivity index (χ1) is 18.2. The Bertz CT molecular complexity index is 1270. The lowest BCUT2D eigenvalue weighted by atomic mass is 10.2. The van der Waals surface area contributed by atoms with E-state index in [1.165, 1.54) is 12.6 Å². The van der Waals surface area contributed by atoms with Gasteiger partial charge >= 0.3 is 0 Å². The number of nitrogens with two attached hydrogens (primary N) is 1. The summed E-state index contributed by atoms with van der Waals surface area (Å²) in [6.45, 7) is 10.5. The van der Waals surface area contributed by atoms with Crippen LogP contribution in [0.5, 0.6) is 0 Å². The van der Waals surface area contributed by atoms with Gasteiger partial charge in [-0.05, 0) is 31.2 Å². The number of carbonyl (C=O) groups excluding carboxylic acids is 1. The molecule has 212 valence electrons. The van der Waals surface area contributed by atoms with E-state index < -0.39 is 18.1 Å². The van der Waals surface area contributed by atoms with Gasteiger partial charge in [0, 0.05) is 12.8 Å². The number of nitrogens with zero attached hydrogens (tertiary/aromatic N) is 3. The number of hydrogen-bond acceptors (Lipinski definition) is 11. The Labute approximate surface area is 223 Å². The molecule has 2 heterocycles. The van der Waals surface area contributed by atoms with Gasteiger partial charge in [-0.25, -0.2) is 13.4 Å². The molecule has 4 N–H and O–H groups in total. The van der Waals surface area contributed by atoms with E-state index in [2.05, 4.69) is 24.8 Å². The Morgan fingerprint density at radius 1 is 1.21 bits per heavy atom. The van der Waals surface area contributed by atoms with Gasteiger partial charge in [-0.3, -0.25) is 19.7 Å². The van der Waals surface area contributed by atoms with E-state index >= 15 is 0 Å². The number of nitrogen functional groups attached to an aromatic ring is 1. The molecule has 0 aliphatic rings. The molecule has 38 heavy (non-hydrogen) atoms. The molecule has 0 radical (unpaired) electrons.